The maximum Gasteiger partial charge on any atom is 0.416 e. The highest BCUT2D eigenvalue weighted by atomic mass is 19.4. The van der Waals surface area contributed by atoms with Crippen LogP contribution in [0.3, 0.4) is 0 Å². The topological polar surface area (TPSA) is 15.3 Å². The first-order valence-corrected chi connectivity index (χ1v) is 10.2. The molecule has 1 N–H and O–H groups in total. The number of benzene rings is 1. The number of nitrogens with one attached hydrogen (secondary N) is 1. The smallest absolute Gasteiger partial charge is 0.385 e. The standard InChI is InChI=1S/C22H35F3N2/c1-14(2)27(15(3)4)13-16(5)7-8-18-12-26-21-10-9-19(22(23,24)25)11-20(21)17(18)6/h9-11,14-18,26H,7-8,12-13H2,1-6H3. The van der Waals surface area contributed by atoms with Crippen LogP contribution in [-0.2, 0) is 6.18 Å². The van der Waals surface area contributed by atoms with Crippen molar-refractivity contribution in [3.8, 4) is 0 Å². The predicted molar refractivity (Wildman–Crippen MR) is 107 cm³/mol. The van der Waals surface area contributed by atoms with Gasteiger partial charge in [-0.3, -0.25) is 4.90 Å². The maximum atomic E-state index is 13.1. The SMILES string of the molecule is CC(CCC1CNc2ccc(C(F)(F)F)cc2C1C)CN(C(C)C)C(C)C. The van der Waals surface area contributed by atoms with E-state index in [0.717, 1.165) is 37.2 Å². The van der Waals surface area contributed by atoms with Gasteiger partial charge in [0.15, 0.2) is 0 Å². The molecule has 0 fully saturated rings. The molecule has 154 valence electrons. The highest BCUT2D eigenvalue weighted by Crippen LogP contribution is 2.40. The van der Waals surface area contributed by atoms with Crippen LogP contribution in [-0.4, -0.2) is 30.1 Å². The number of fused-ring (bicyclic) bond motifs is 1. The van der Waals surface area contributed by atoms with E-state index < -0.39 is 11.7 Å². The largest absolute Gasteiger partial charge is 0.416 e. The molecule has 0 amide bonds. The van der Waals surface area contributed by atoms with Crippen molar-refractivity contribution in [1.29, 1.82) is 0 Å². The Kier molecular flexibility index (Phi) is 7.23. The lowest BCUT2D eigenvalue weighted by Crippen LogP contribution is -2.40. The molecule has 27 heavy (non-hydrogen) atoms. The molecule has 3 unspecified atom stereocenters. The molecule has 1 aromatic carbocycles. The van der Waals surface area contributed by atoms with Gasteiger partial charge in [0, 0.05) is 30.9 Å². The molecule has 0 aliphatic carbocycles. The lowest BCUT2D eigenvalue weighted by molar-refractivity contribution is -0.137. The molecule has 0 radical (unpaired) electrons. The van der Waals surface area contributed by atoms with Crippen LogP contribution in [0.1, 0.15) is 71.4 Å². The van der Waals surface area contributed by atoms with E-state index in [1.165, 1.54) is 12.1 Å². The van der Waals surface area contributed by atoms with Crippen LogP contribution < -0.4 is 5.32 Å². The van der Waals surface area contributed by atoms with Crippen LogP contribution in [0.25, 0.3) is 0 Å². The second-order valence-corrected chi connectivity index (χ2v) is 8.80. The third kappa shape index (κ3) is 5.63. The molecule has 3 atom stereocenters. The Morgan fingerprint density at radius 3 is 2.30 bits per heavy atom. The number of nitrogens with zero attached hydrogens (tertiary/aromatic N) is 1. The average molecular weight is 385 g/mol. The van der Waals surface area contributed by atoms with Crippen molar-refractivity contribution < 1.29 is 13.2 Å². The molecule has 1 aliphatic rings. The summed E-state index contributed by atoms with van der Waals surface area (Å²) in [6, 6.07) is 5.14. The molecule has 0 spiro atoms. The van der Waals surface area contributed by atoms with E-state index in [0.29, 0.717) is 23.9 Å². The molecule has 1 heterocycles. The third-order valence-corrected chi connectivity index (χ3v) is 6.01. The summed E-state index contributed by atoms with van der Waals surface area (Å²) in [6.45, 7) is 15.2. The van der Waals surface area contributed by atoms with Crippen LogP contribution in [0.4, 0.5) is 18.9 Å². The minimum atomic E-state index is -4.28. The summed E-state index contributed by atoms with van der Waals surface area (Å²) >= 11 is 0. The molecule has 1 aromatic rings. The van der Waals surface area contributed by atoms with Gasteiger partial charge in [-0.25, -0.2) is 0 Å². The van der Waals surface area contributed by atoms with E-state index in [1.807, 2.05) is 0 Å². The monoisotopic (exact) mass is 384 g/mol. The van der Waals surface area contributed by atoms with Crippen LogP contribution in [0.15, 0.2) is 18.2 Å². The van der Waals surface area contributed by atoms with Gasteiger partial charge in [0.2, 0.25) is 0 Å². The summed E-state index contributed by atoms with van der Waals surface area (Å²) in [5.74, 6) is 1.09. The van der Waals surface area contributed by atoms with Crippen molar-refractivity contribution in [3.63, 3.8) is 0 Å². The fourth-order valence-corrected chi connectivity index (χ4v) is 4.27. The van der Waals surface area contributed by atoms with Crippen LogP contribution >= 0.6 is 0 Å². The Morgan fingerprint density at radius 2 is 1.74 bits per heavy atom. The lowest BCUT2D eigenvalue weighted by atomic mass is 9.79. The van der Waals surface area contributed by atoms with Crippen molar-refractivity contribution in [1.82, 2.24) is 4.90 Å². The van der Waals surface area contributed by atoms with Gasteiger partial charge in [0.1, 0.15) is 0 Å². The fourth-order valence-electron chi connectivity index (χ4n) is 4.27. The number of halogens is 3. The number of anilines is 1. The van der Waals surface area contributed by atoms with Crippen molar-refractivity contribution >= 4 is 5.69 Å². The van der Waals surface area contributed by atoms with E-state index in [1.54, 1.807) is 6.07 Å². The van der Waals surface area contributed by atoms with Crippen molar-refractivity contribution in [2.45, 2.75) is 78.6 Å². The van der Waals surface area contributed by atoms with Gasteiger partial charge in [0.25, 0.3) is 0 Å². The Morgan fingerprint density at radius 1 is 1.11 bits per heavy atom. The van der Waals surface area contributed by atoms with Crippen LogP contribution in [0, 0.1) is 11.8 Å². The molecule has 5 heteroatoms. The summed E-state index contributed by atoms with van der Waals surface area (Å²) in [6.07, 6.45) is -2.15. The summed E-state index contributed by atoms with van der Waals surface area (Å²) in [5, 5.41) is 3.34. The van der Waals surface area contributed by atoms with E-state index >= 15 is 0 Å². The Hall–Kier alpha value is -1.23. The zero-order chi connectivity index (χ0) is 20.4. The van der Waals surface area contributed by atoms with E-state index in [4.69, 9.17) is 0 Å². The quantitative estimate of drug-likeness (QED) is 0.586. The number of alkyl halides is 3. The molecule has 0 aromatic heterocycles. The van der Waals surface area contributed by atoms with E-state index in [-0.39, 0.29) is 5.92 Å². The third-order valence-electron chi connectivity index (χ3n) is 6.01. The van der Waals surface area contributed by atoms with Crippen molar-refractivity contribution in [2.75, 3.05) is 18.4 Å². The fraction of sp³-hybridized carbons (Fsp3) is 0.727. The van der Waals surface area contributed by atoms with Gasteiger partial charge in [0.05, 0.1) is 5.56 Å². The summed E-state index contributed by atoms with van der Waals surface area (Å²) in [5.41, 5.74) is 1.11. The Labute approximate surface area is 162 Å². The molecule has 0 saturated carbocycles. The zero-order valence-corrected chi connectivity index (χ0v) is 17.5. The molecule has 0 saturated heterocycles. The number of hydrogen-bond donors (Lipinski definition) is 1. The van der Waals surface area contributed by atoms with Gasteiger partial charge >= 0.3 is 6.18 Å². The molecule has 2 nitrogen and oxygen atoms in total. The van der Waals surface area contributed by atoms with E-state index in [9.17, 15) is 13.2 Å². The van der Waals surface area contributed by atoms with Gasteiger partial charge < -0.3 is 5.32 Å². The summed E-state index contributed by atoms with van der Waals surface area (Å²) in [7, 11) is 0. The Balaban J connectivity index is 1.99. The minimum Gasteiger partial charge on any atom is -0.385 e. The number of hydrogen-bond acceptors (Lipinski definition) is 2. The highest BCUT2D eigenvalue weighted by Gasteiger charge is 2.33. The van der Waals surface area contributed by atoms with Crippen molar-refractivity contribution in [3.05, 3.63) is 29.3 Å². The first-order chi connectivity index (χ1) is 12.5. The van der Waals surface area contributed by atoms with Gasteiger partial charge in [-0.2, -0.15) is 13.2 Å². The first-order valence-electron chi connectivity index (χ1n) is 10.2. The molecule has 1 aliphatic heterocycles. The maximum absolute atomic E-state index is 13.1. The second kappa shape index (κ2) is 8.85. The summed E-state index contributed by atoms with van der Waals surface area (Å²) < 4.78 is 39.2. The van der Waals surface area contributed by atoms with Crippen molar-refractivity contribution in [2.24, 2.45) is 11.8 Å². The Bertz CT molecular complexity index is 602. The first kappa shape index (κ1) is 22.1. The minimum absolute atomic E-state index is 0.141. The number of rotatable bonds is 7. The average Bonchev–Trinajstić information content (AvgIpc) is 2.57. The van der Waals surface area contributed by atoms with Gasteiger partial charge in [-0.1, -0.05) is 13.8 Å². The summed E-state index contributed by atoms with van der Waals surface area (Å²) in [4.78, 5) is 2.51. The van der Waals surface area contributed by atoms with Gasteiger partial charge in [-0.05, 0) is 82.1 Å². The zero-order valence-electron chi connectivity index (χ0n) is 17.5. The predicted octanol–water partition coefficient (Wildman–Crippen LogP) is 6.39. The molecule has 0 bridgehead atoms. The van der Waals surface area contributed by atoms with Gasteiger partial charge in [-0.15, -0.1) is 0 Å². The molecule has 2 rings (SSSR count). The lowest BCUT2D eigenvalue weighted by Gasteiger charge is -2.35. The second-order valence-electron chi connectivity index (χ2n) is 8.80. The van der Waals surface area contributed by atoms with Crippen LogP contribution in [0.2, 0.25) is 0 Å². The molecular weight excluding hydrogens is 349 g/mol. The highest BCUT2D eigenvalue weighted by molar-refractivity contribution is 5.56. The van der Waals surface area contributed by atoms with E-state index in [2.05, 4.69) is 51.8 Å². The normalized spacial score (nSPS) is 21.5. The molecular formula is C22H35F3N2. The van der Waals surface area contributed by atoms with Crippen LogP contribution in [0.5, 0.6) is 0 Å².